The largest absolute Gasteiger partial charge is 0.253 e. The summed E-state index contributed by atoms with van der Waals surface area (Å²) < 4.78 is 27.4. The van der Waals surface area contributed by atoms with Gasteiger partial charge in [0.1, 0.15) is 5.54 Å². The lowest BCUT2D eigenvalue weighted by atomic mass is 9.94. The Morgan fingerprint density at radius 2 is 2.00 bits per heavy atom. The predicted octanol–water partition coefficient (Wildman–Crippen LogP) is 2.35. The molecule has 0 amide bonds. The SMILES string of the molecule is Cc1ncc(S(=O)(=O)NC2(C#N)CCCCCC2)s1. The second-order valence-corrected chi connectivity index (χ2v) is 8.06. The van der Waals surface area contributed by atoms with Crippen LogP contribution >= 0.6 is 11.3 Å². The van der Waals surface area contributed by atoms with E-state index < -0.39 is 15.6 Å². The number of nitriles is 1. The van der Waals surface area contributed by atoms with E-state index in [9.17, 15) is 13.7 Å². The third-order valence-corrected chi connectivity index (χ3v) is 6.28. The Morgan fingerprint density at radius 3 is 2.47 bits per heavy atom. The van der Waals surface area contributed by atoms with E-state index in [1.165, 1.54) is 6.20 Å². The van der Waals surface area contributed by atoms with Gasteiger partial charge in [0.2, 0.25) is 0 Å². The number of nitrogens with zero attached hydrogens (tertiary/aromatic N) is 2. The van der Waals surface area contributed by atoms with Crippen LogP contribution in [0.2, 0.25) is 0 Å². The summed E-state index contributed by atoms with van der Waals surface area (Å²) in [5.74, 6) is 0. The minimum absolute atomic E-state index is 0.184. The summed E-state index contributed by atoms with van der Waals surface area (Å²) in [4.78, 5) is 3.96. The van der Waals surface area contributed by atoms with E-state index in [1.807, 2.05) is 0 Å². The van der Waals surface area contributed by atoms with Gasteiger partial charge in [0.15, 0.2) is 4.21 Å². The fraction of sp³-hybridized carbons (Fsp3) is 0.667. The van der Waals surface area contributed by atoms with Crippen molar-refractivity contribution in [2.24, 2.45) is 0 Å². The Morgan fingerprint density at radius 1 is 1.37 bits per heavy atom. The van der Waals surface area contributed by atoms with Crippen LogP contribution in [-0.2, 0) is 10.0 Å². The number of aromatic nitrogens is 1. The molecule has 0 atom stereocenters. The molecule has 0 bridgehead atoms. The van der Waals surface area contributed by atoms with E-state index >= 15 is 0 Å². The first-order chi connectivity index (χ1) is 8.97. The normalized spacial score (nSPS) is 19.6. The van der Waals surface area contributed by atoms with Crippen LogP contribution in [0.4, 0.5) is 0 Å². The quantitative estimate of drug-likeness (QED) is 0.868. The number of rotatable bonds is 3. The maximum atomic E-state index is 12.3. The van der Waals surface area contributed by atoms with Crippen molar-refractivity contribution in [3.05, 3.63) is 11.2 Å². The maximum absolute atomic E-state index is 12.3. The van der Waals surface area contributed by atoms with E-state index in [0.717, 1.165) is 37.0 Å². The van der Waals surface area contributed by atoms with E-state index in [1.54, 1.807) is 6.92 Å². The van der Waals surface area contributed by atoms with Crippen LogP contribution < -0.4 is 4.72 Å². The van der Waals surface area contributed by atoms with Gasteiger partial charge < -0.3 is 0 Å². The molecule has 1 fully saturated rings. The van der Waals surface area contributed by atoms with E-state index in [-0.39, 0.29) is 4.21 Å². The number of nitrogens with one attached hydrogen (secondary N) is 1. The Bertz CT molecular complexity index is 578. The summed E-state index contributed by atoms with van der Waals surface area (Å²) in [6.45, 7) is 1.76. The zero-order valence-electron chi connectivity index (χ0n) is 10.8. The molecule has 7 heteroatoms. The van der Waals surface area contributed by atoms with Gasteiger partial charge >= 0.3 is 0 Å². The molecule has 2 rings (SSSR count). The highest BCUT2D eigenvalue weighted by atomic mass is 32.2. The molecular weight excluding hydrogens is 282 g/mol. The highest BCUT2D eigenvalue weighted by Crippen LogP contribution is 2.29. The zero-order valence-corrected chi connectivity index (χ0v) is 12.5. The zero-order chi connectivity index (χ0) is 13.9. The Labute approximate surface area is 117 Å². The Hall–Kier alpha value is -0.970. The summed E-state index contributed by atoms with van der Waals surface area (Å²) in [6, 6.07) is 2.18. The molecule has 5 nitrogen and oxygen atoms in total. The van der Waals surface area contributed by atoms with Gasteiger partial charge in [-0.2, -0.15) is 9.98 Å². The summed E-state index contributed by atoms with van der Waals surface area (Å²) in [5, 5.41) is 10.1. The molecule has 1 heterocycles. The van der Waals surface area contributed by atoms with Crippen LogP contribution in [0.25, 0.3) is 0 Å². The first-order valence-corrected chi connectivity index (χ1v) is 8.65. The lowest BCUT2D eigenvalue weighted by molar-refractivity contribution is 0.422. The molecule has 1 saturated carbocycles. The third-order valence-electron chi connectivity index (χ3n) is 3.37. The number of hydrogen-bond acceptors (Lipinski definition) is 5. The molecule has 0 aliphatic heterocycles. The van der Waals surface area contributed by atoms with Gasteiger partial charge in [-0.1, -0.05) is 25.7 Å². The molecule has 1 aromatic heterocycles. The molecule has 1 N–H and O–H groups in total. The van der Waals surface area contributed by atoms with Crippen molar-refractivity contribution < 1.29 is 8.42 Å². The Balaban J connectivity index is 2.24. The molecule has 1 aromatic rings. The van der Waals surface area contributed by atoms with Crippen molar-refractivity contribution in [3.63, 3.8) is 0 Å². The maximum Gasteiger partial charge on any atom is 0.253 e. The van der Waals surface area contributed by atoms with Crippen molar-refractivity contribution in [2.45, 2.75) is 55.2 Å². The lowest BCUT2D eigenvalue weighted by Crippen LogP contribution is -2.46. The van der Waals surface area contributed by atoms with Crippen molar-refractivity contribution in [1.82, 2.24) is 9.71 Å². The van der Waals surface area contributed by atoms with Gasteiger partial charge in [0.25, 0.3) is 10.0 Å². The Kier molecular flexibility index (Phi) is 4.23. The average molecular weight is 299 g/mol. The molecule has 104 valence electrons. The predicted molar refractivity (Wildman–Crippen MR) is 73.2 cm³/mol. The molecule has 0 spiro atoms. The van der Waals surface area contributed by atoms with Crippen LogP contribution in [0.5, 0.6) is 0 Å². The van der Waals surface area contributed by atoms with Crippen molar-refractivity contribution in [3.8, 4) is 6.07 Å². The first-order valence-electron chi connectivity index (χ1n) is 6.35. The molecule has 0 saturated heterocycles. The summed E-state index contributed by atoms with van der Waals surface area (Å²) in [6.07, 6.45) is 6.41. The lowest BCUT2D eigenvalue weighted by Gasteiger charge is -2.25. The minimum Gasteiger partial charge on any atom is -0.249 e. The number of aryl methyl sites for hydroxylation is 1. The van der Waals surface area contributed by atoms with Gasteiger partial charge in [0.05, 0.1) is 17.3 Å². The second-order valence-electron chi connectivity index (χ2n) is 4.91. The third kappa shape index (κ3) is 3.32. The smallest absolute Gasteiger partial charge is 0.249 e. The molecule has 0 radical (unpaired) electrons. The number of thiazole rings is 1. The molecular formula is C12H17N3O2S2. The van der Waals surface area contributed by atoms with E-state index in [2.05, 4.69) is 15.8 Å². The number of sulfonamides is 1. The second kappa shape index (κ2) is 5.57. The summed E-state index contributed by atoms with van der Waals surface area (Å²) >= 11 is 1.13. The summed E-state index contributed by atoms with van der Waals surface area (Å²) in [5.41, 5.74) is -0.951. The first kappa shape index (κ1) is 14.4. The average Bonchev–Trinajstić information content (AvgIpc) is 2.68. The standard InChI is InChI=1S/C12H17N3O2S2/c1-10-14-8-11(18-10)19(16,17)15-12(9-13)6-4-2-3-5-7-12/h8,15H,2-7H2,1H3. The van der Waals surface area contributed by atoms with Crippen LogP contribution in [0.3, 0.4) is 0 Å². The van der Waals surface area contributed by atoms with Crippen LogP contribution in [0.15, 0.2) is 10.4 Å². The molecule has 1 aliphatic rings. The van der Waals surface area contributed by atoms with Crippen LogP contribution in [0, 0.1) is 18.3 Å². The molecule has 0 aromatic carbocycles. The highest BCUT2D eigenvalue weighted by Gasteiger charge is 2.36. The molecule has 0 unspecified atom stereocenters. The van der Waals surface area contributed by atoms with Crippen LogP contribution in [-0.4, -0.2) is 18.9 Å². The van der Waals surface area contributed by atoms with E-state index in [4.69, 9.17) is 0 Å². The molecule has 1 aliphatic carbocycles. The highest BCUT2D eigenvalue weighted by molar-refractivity contribution is 7.91. The van der Waals surface area contributed by atoms with Gasteiger partial charge in [0, 0.05) is 0 Å². The van der Waals surface area contributed by atoms with Gasteiger partial charge in [-0.15, -0.1) is 11.3 Å². The van der Waals surface area contributed by atoms with Crippen LogP contribution in [0.1, 0.15) is 43.5 Å². The van der Waals surface area contributed by atoms with Crippen molar-refractivity contribution >= 4 is 21.4 Å². The molecule has 19 heavy (non-hydrogen) atoms. The fourth-order valence-corrected chi connectivity index (χ4v) is 4.83. The van der Waals surface area contributed by atoms with Gasteiger partial charge in [-0.3, -0.25) is 0 Å². The summed E-state index contributed by atoms with van der Waals surface area (Å²) in [7, 11) is -3.64. The fourth-order valence-electron chi connectivity index (χ4n) is 2.34. The monoisotopic (exact) mass is 299 g/mol. The number of hydrogen-bond donors (Lipinski definition) is 1. The van der Waals surface area contributed by atoms with Gasteiger partial charge in [-0.25, -0.2) is 13.4 Å². The van der Waals surface area contributed by atoms with Crippen molar-refractivity contribution in [1.29, 1.82) is 5.26 Å². The van der Waals surface area contributed by atoms with Crippen molar-refractivity contribution in [2.75, 3.05) is 0 Å². The minimum atomic E-state index is -3.64. The topological polar surface area (TPSA) is 82.8 Å². The van der Waals surface area contributed by atoms with E-state index in [0.29, 0.717) is 17.8 Å². The van der Waals surface area contributed by atoms with Gasteiger partial charge in [-0.05, 0) is 19.8 Å².